The van der Waals surface area contributed by atoms with Gasteiger partial charge in [-0.25, -0.2) is 4.79 Å². The lowest BCUT2D eigenvalue weighted by Gasteiger charge is -2.39. The maximum Gasteiger partial charge on any atom is 0.340 e. The number of aryl methyl sites for hydroxylation is 1. The number of nitrogens with one attached hydrogen (secondary N) is 1. The fourth-order valence-electron chi connectivity index (χ4n) is 5.43. The van der Waals surface area contributed by atoms with Gasteiger partial charge in [0, 0.05) is 23.1 Å². The number of likely N-dealkylation sites (tertiary alicyclic amines) is 1. The Labute approximate surface area is 191 Å². The molecule has 1 aliphatic heterocycles. The number of hydrogen-bond donors (Lipinski definition) is 1. The lowest BCUT2D eigenvalue weighted by molar-refractivity contribution is 0.0474. The number of esters is 1. The monoisotopic (exact) mass is 430 g/mol. The first-order valence-corrected chi connectivity index (χ1v) is 12.2. The highest BCUT2D eigenvalue weighted by Crippen LogP contribution is 2.38. The molecular formula is C28H34N2O2. The Balaban J connectivity index is 1.22. The van der Waals surface area contributed by atoms with Gasteiger partial charge >= 0.3 is 5.97 Å². The molecule has 3 aromatic rings. The van der Waals surface area contributed by atoms with Gasteiger partial charge in [0.05, 0.1) is 5.56 Å². The molecule has 0 amide bonds. The van der Waals surface area contributed by atoms with Crippen LogP contribution in [0.3, 0.4) is 0 Å². The van der Waals surface area contributed by atoms with Gasteiger partial charge in [0.1, 0.15) is 6.61 Å². The summed E-state index contributed by atoms with van der Waals surface area (Å²) in [6.45, 7) is 5.82. The topological polar surface area (TPSA) is 45.3 Å². The van der Waals surface area contributed by atoms with E-state index >= 15 is 0 Å². The number of nitrogens with zero attached hydrogens (tertiary/aromatic N) is 1. The van der Waals surface area contributed by atoms with E-state index in [1.165, 1.54) is 50.8 Å². The van der Waals surface area contributed by atoms with Gasteiger partial charge in [-0.3, -0.25) is 0 Å². The van der Waals surface area contributed by atoms with Crippen molar-refractivity contribution in [2.75, 3.05) is 19.6 Å². The van der Waals surface area contributed by atoms with Gasteiger partial charge in [-0.15, -0.1) is 0 Å². The van der Waals surface area contributed by atoms with E-state index in [0.717, 1.165) is 47.0 Å². The van der Waals surface area contributed by atoms with Crippen LogP contribution in [0.5, 0.6) is 0 Å². The second kappa shape index (κ2) is 9.50. The molecular weight excluding hydrogens is 396 g/mol. The zero-order valence-corrected chi connectivity index (χ0v) is 19.1. The number of ether oxygens (including phenoxy) is 1. The van der Waals surface area contributed by atoms with Gasteiger partial charge in [0.25, 0.3) is 0 Å². The Kier molecular flexibility index (Phi) is 6.31. The third kappa shape index (κ3) is 4.61. The third-order valence-electron chi connectivity index (χ3n) is 7.63. The summed E-state index contributed by atoms with van der Waals surface area (Å²) in [5, 5.41) is 0.974. The van der Waals surface area contributed by atoms with E-state index in [-0.39, 0.29) is 5.97 Å². The predicted octanol–water partition coefficient (Wildman–Crippen LogP) is 5.89. The molecule has 4 nitrogen and oxygen atoms in total. The summed E-state index contributed by atoms with van der Waals surface area (Å²) in [6.07, 6.45) is 8.16. The van der Waals surface area contributed by atoms with Crippen molar-refractivity contribution in [3.8, 4) is 0 Å². The highest BCUT2D eigenvalue weighted by Gasteiger charge is 2.30. The average Bonchev–Trinajstić information content (AvgIpc) is 3.11. The van der Waals surface area contributed by atoms with Crippen LogP contribution < -0.4 is 0 Å². The molecule has 168 valence electrons. The van der Waals surface area contributed by atoms with Crippen LogP contribution >= 0.6 is 0 Å². The minimum absolute atomic E-state index is 0.257. The number of carbonyl (C=O) groups excluding carboxylic acids is 1. The lowest BCUT2D eigenvalue weighted by Crippen LogP contribution is -2.38. The average molecular weight is 431 g/mol. The van der Waals surface area contributed by atoms with Gasteiger partial charge < -0.3 is 14.6 Å². The number of benzene rings is 2. The van der Waals surface area contributed by atoms with Gasteiger partial charge in [0.15, 0.2) is 0 Å². The number of hydrogen-bond acceptors (Lipinski definition) is 3. The summed E-state index contributed by atoms with van der Waals surface area (Å²) < 4.78 is 5.63. The quantitative estimate of drug-likeness (QED) is 0.476. The van der Waals surface area contributed by atoms with Gasteiger partial charge in [-0.2, -0.15) is 0 Å². The Morgan fingerprint density at radius 3 is 2.47 bits per heavy atom. The van der Waals surface area contributed by atoms with E-state index in [4.69, 9.17) is 4.74 Å². The predicted molar refractivity (Wildman–Crippen MR) is 129 cm³/mol. The largest absolute Gasteiger partial charge is 0.457 e. The van der Waals surface area contributed by atoms with Crippen LogP contribution in [0.1, 0.15) is 59.3 Å². The van der Waals surface area contributed by atoms with Crippen LogP contribution in [0.15, 0.2) is 48.5 Å². The maximum absolute atomic E-state index is 12.9. The van der Waals surface area contributed by atoms with E-state index in [1.807, 2.05) is 37.3 Å². The lowest BCUT2D eigenvalue weighted by atomic mass is 9.72. The van der Waals surface area contributed by atoms with E-state index in [0.29, 0.717) is 12.2 Å². The third-order valence-corrected chi connectivity index (χ3v) is 7.63. The van der Waals surface area contributed by atoms with E-state index in [1.54, 1.807) is 0 Å². The SMILES string of the molecule is Cc1[nH]c2ccc(CCN3CCC(C4CCC4)CC3)cc2c1C(=O)OCc1ccccc1. The number of H-pyrrole nitrogens is 1. The molecule has 5 rings (SSSR count). The Bertz CT molecular complexity index is 1060. The van der Waals surface area contributed by atoms with Crippen molar-refractivity contribution < 1.29 is 9.53 Å². The standard InChI is InChI=1S/C28H34N2O2/c1-20-27(28(31)32-19-22-6-3-2-4-7-22)25-18-21(10-11-26(25)29-20)12-15-30-16-13-24(14-17-30)23-8-5-9-23/h2-4,6-7,10-11,18,23-24,29H,5,8-9,12-17,19H2,1H3. The van der Waals surface area contributed by atoms with Crippen molar-refractivity contribution in [3.05, 3.63) is 70.9 Å². The summed E-state index contributed by atoms with van der Waals surface area (Å²) in [5.74, 6) is 1.74. The van der Waals surface area contributed by atoms with Crippen molar-refractivity contribution in [1.29, 1.82) is 0 Å². The minimum Gasteiger partial charge on any atom is -0.457 e. The number of piperidine rings is 1. The second-order valence-electron chi connectivity index (χ2n) is 9.69. The van der Waals surface area contributed by atoms with E-state index in [9.17, 15) is 4.79 Å². The zero-order chi connectivity index (χ0) is 21.9. The van der Waals surface area contributed by atoms with E-state index in [2.05, 4.69) is 28.1 Å². The molecule has 1 saturated heterocycles. The van der Waals surface area contributed by atoms with Crippen LogP contribution in [0, 0.1) is 18.8 Å². The van der Waals surface area contributed by atoms with Gasteiger partial charge in [0.2, 0.25) is 0 Å². The fourth-order valence-corrected chi connectivity index (χ4v) is 5.43. The number of fused-ring (bicyclic) bond motifs is 1. The fraction of sp³-hybridized carbons (Fsp3) is 0.464. The molecule has 1 aromatic heterocycles. The van der Waals surface area contributed by atoms with Crippen LogP contribution in [0.2, 0.25) is 0 Å². The first-order valence-electron chi connectivity index (χ1n) is 12.2. The zero-order valence-electron chi connectivity index (χ0n) is 19.1. The molecule has 2 aliphatic rings. The van der Waals surface area contributed by atoms with Crippen molar-refractivity contribution in [2.24, 2.45) is 11.8 Å². The molecule has 0 atom stereocenters. The Morgan fingerprint density at radius 1 is 1.00 bits per heavy atom. The molecule has 0 bridgehead atoms. The molecule has 0 spiro atoms. The van der Waals surface area contributed by atoms with Crippen molar-refractivity contribution in [3.63, 3.8) is 0 Å². The van der Waals surface area contributed by atoms with Crippen molar-refractivity contribution >= 4 is 16.9 Å². The molecule has 0 radical (unpaired) electrons. The van der Waals surface area contributed by atoms with Crippen LogP contribution in [-0.2, 0) is 17.8 Å². The summed E-state index contributed by atoms with van der Waals surface area (Å²) in [7, 11) is 0. The number of aromatic amines is 1. The number of carbonyl (C=O) groups is 1. The molecule has 1 saturated carbocycles. The number of aromatic nitrogens is 1. The molecule has 1 N–H and O–H groups in total. The maximum atomic E-state index is 12.9. The molecule has 0 unspecified atom stereocenters. The summed E-state index contributed by atoms with van der Waals surface area (Å²) >= 11 is 0. The Hall–Kier alpha value is -2.59. The van der Waals surface area contributed by atoms with Gasteiger partial charge in [-0.1, -0.05) is 55.7 Å². The number of rotatable bonds is 7. The normalized spacial score (nSPS) is 18.0. The highest BCUT2D eigenvalue weighted by atomic mass is 16.5. The second-order valence-corrected chi connectivity index (χ2v) is 9.69. The summed E-state index contributed by atoms with van der Waals surface area (Å²) in [4.78, 5) is 18.9. The molecule has 4 heteroatoms. The van der Waals surface area contributed by atoms with Crippen LogP contribution in [-0.4, -0.2) is 35.5 Å². The molecule has 2 fully saturated rings. The van der Waals surface area contributed by atoms with Crippen molar-refractivity contribution in [2.45, 2.75) is 52.1 Å². The minimum atomic E-state index is -0.257. The molecule has 1 aliphatic carbocycles. The molecule has 2 aromatic carbocycles. The highest BCUT2D eigenvalue weighted by molar-refractivity contribution is 6.05. The van der Waals surface area contributed by atoms with E-state index < -0.39 is 0 Å². The Morgan fingerprint density at radius 2 is 1.75 bits per heavy atom. The van der Waals surface area contributed by atoms with Crippen LogP contribution in [0.25, 0.3) is 10.9 Å². The first kappa shape index (κ1) is 21.3. The van der Waals surface area contributed by atoms with Crippen molar-refractivity contribution in [1.82, 2.24) is 9.88 Å². The van der Waals surface area contributed by atoms with Crippen LogP contribution in [0.4, 0.5) is 0 Å². The smallest absolute Gasteiger partial charge is 0.340 e. The first-order chi connectivity index (χ1) is 15.7. The summed E-state index contributed by atoms with van der Waals surface area (Å²) in [6, 6.07) is 16.3. The van der Waals surface area contributed by atoms with Gasteiger partial charge in [-0.05, 0) is 74.4 Å². The molecule has 2 heterocycles. The summed E-state index contributed by atoms with van der Waals surface area (Å²) in [5.41, 5.74) is 4.82. The molecule has 32 heavy (non-hydrogen) atoms.